The molecule has 0 saturated heterocycles. The number of hydrogen-bond donors (Lipinski definition) is 0. The van der Waals surface area contributed by atoms with Crippen LogP contribution >= 0.6 is 0 Å². The van der Waals surface area contributed by atoms with Crippen LogP contribution in [-0.4, -0.2) is 14.1 Å². The minimum absolute atomic E-state index is 0.0115. The van der Waals surface area contributed by atoms with E-state index < -0.39 is 0 Å². The third-order valence-corrected chi connectivity index (χ3v) is 12.9. The van der Waals surface area contributed by atoms with E-state index in [2.05, 4.69) is 201 Å². The molecule has 310 valence electrons. The van der Waals surface area contributed by atoms with E-state index in [4.69, 9.17) is 4.98 Å². The van der Waals surface area contributed by atoms with Crippen LogP contribution in [0.3, 0.4) is 0 Å². The maximum atomic E-state index is 10.3. The Labute approximate surface area is 367 Å². The molecule has 0 aliphatic carbocycles. The highest BCUT2D eigenvalue weighted by Crippen LogP contribution is 2.44. The van der Waals surface area contributed by atoms with Crippen LogP contribution in [0.15, 0.2) is 134 Å². The second-order valence-corrected chi connectivity index (χ2v) is 21.4. The van der Waals surface area contributed by atoms with Gasteiger partial charge in [-0.25, -0.2) is 0 Å². The summed E-state index contributed by atoms with van der Waals surface area (Å²) < 4.78 is 4.88. The molecule has 9 rings (SSSR count). The highest BCUT2D eigenvalue weighted by Gasteiger charge is 2.26. The summed E-state index contributed by atoms with van der Waals surface area (Å²) in [4.78, 5) is 4.85. The molecule has 9 aromatic rings. The van der Waals surface area contributed by atoms with Gasteiger partial charge in [0.1, 0.15) is 0 Å². The fourth-order valence-electron chi connectivity index (χ4n) is 9.17. The fraction of sp³-hybridized carbons (Fsp3) is 0.276. The molecule has 0 aliphatic heterocycles. The molecule has 62 heavy (non-hydrogen) atoms. The van der Waals surface area contributed by atoms with Crippen LogP contribution in [0, 0.1) is 11.3 Å². The van der Waals surface area contributed by atoms with Crippen LogP contribution in [0.4, 0.5) is 0 Å². The van der Waals surface area contributed by atoms with Crippen LogP contribution in [0.5, 0.6) is 0 Å². The molecule has 0 amide bonds. The summed E-state index contributed by atoms with van der Waals surface area (Å²) in [6.07, 6.45) is 3.94. The molecular weight excluding hydrogens is 753 g/mol. The number of benzene rings is 6. The largest absolute Gasteiger partial charge is 0.309 e. The Kier molecular flexibility index (Phi) is 9.45. The van der Waals surface area contributed by atoms with E-state index in [-0.39, 0.29) is 21.7 Å². The molecule has 0 radical (unpaired) electrons. The fourth-order valence-corrected chi connectivity index (χ4v) is 9.17. The van der Waals surface area contributed by atoms with Gasteiger partial charge in [0.25, 0.3) is 0 Å². The van der Waals surface area contributed by atoms with Crippen molar-refractivity contribution >= 4 is 43.6 Å². The van der Waals surface area contributed by atoms with Crippen molar-refractivity contribution in [3.8, 4) is 39.7 Å². The molecule has 0 saturated carbocycles. The second-order valence-electron chi connectivity index (χ2n) is 21.4. The van der Waals surface area contributed by atoms with Gasteiger partial charge in [-0.2, -0.15) is 5.26 Å². The van der Waals surface area contributed by atoms with Gasteiger partial charge in [0, 0.05) is 38.9 Å². The summed E-state index contributed by atoms with van der Waals surface area (Å²) in [5.74, 6) is 0. The summed E-state index contributed by atoms with van der Waals surface area (Å²) in [6.45, 7) is 27.5. The first-order valence-corrected chi connectivity index (χ1v) is 22.0. The zero-order valence-corrected chi connectivity index (χ0v) is 38.5. The molecule has 0 spiro atoms. The molecule has 3 aromatic heterocycles. The highest BCUT2D eigenvalue weighted by molar-refractivity contribution is 6.12. The van der Waals surface area contributed by atoms with Crippen molar-refractivity contribution in [3.05, 3.63) is 162 Å². The predicted octanol–water partition coefficient (Wildman–Crippen LogP) is 15.7. The van der Waals surface area contributed by atoms with Crippen LogP contribution in [0.2, 0.25) is 0 Å². The molecule has 0 bridgehead atoms. The van der Waals surface area contributed by atoms with E-state index in [1.54, 1.807) is 0 Å². The van der Waals surface area contributed by atoms with Gasteiger partial charge in [0.05, 0.1) is 51.3 Å². The quantitative estimate of drug-likeness (QED) is 0.178. The van der Waals surface area contributed by atoms with Crippen LogP contribution in [0.1, 0.15) is 111 Å². The van der Waals surface area contributed by atoms with Crippen LogP contribution in [0.25, 0.3) is 77.2 Å². The summed E-state index contributed by atoms with van der Waals surface area (Å²) in [7, 11) is 0. The average molecular weight is 811 g/mol. The highest BCUT2D eigenvalue weighted by atomic mass is 15.0. The Morgan fingerprint density at radius 1 is 0.419 bits per heavy atom. The lowest BCUT2D eigenvalue weighted by Gasteiger charge is -2.21. The Balaban J connectivity index is 1.40. The lowest BCUT2D eigenvalue weighted by atomic mass is 9.85. The third kappa shape index (κ3) is 6.89. The molecule has 0 unspecified atom stereocenters. The Hall–Kier alpha value is -6.44. The minimum atomic E-state index is -0.0132. The maximum Gasteiger partial charge on any atom is 0.0998 e. The third-order valence-electron chi connectivity index (χ3n) is 12.9. The zero-order valence-electron chi connectivity index (χ0n) is 38.5. The van der Waals surface area contributed by atoms with Crippen molar-refractivity contribution in [2.24, 2.45) is 0 Å². The number of rotatable bonds is 4. The van der Waals surface area contributed by atoms with Crippen molar-refractivity contribution < 1.29 is 0 Å². The first-order valence-electron chi connectivity index (χ1n) is 22.0. The molecule has 4 heteroatoms. The van der Waals surface area contributed by atoms with Crippen LogP contribution < -0.4 is 0 Å². The van der Waals surface area contributed by atoms with Gasteiger partial charge < -0.3 is 9.13 Å². The molecule has 0 aliphatic rings. The topological polar surface area (TPSA) is 46.5 Å². The molecule has 0 fully saturated rings. The van der Waals surface area contributed by atoms with Crippen molar-refractivity contribution in [3.63, 3.8) is 0 Å². The number of nitrogens with zero attached hydrogens (tertiary/aromatic N) is 4. The van der Waals surface area contributed by atoms with E-state index in [9.17, 15) is 5.26 Å². The number of nitriles is 1. The summed E-state index contributed by atoms with van der Waals surface area (Å²) >= 11 is 0. The average Bonchev–Trinajstić information content (AvgIpc) is 3.73. The number of fused-ring (bicyclic) bond motifs is 6. The van der Waals surface area contributed by atoms with Gasteiger partial charge in [0.15, 0.2) is 0 Å². The van der Waals surface area contributed by atoms with Gasteiger partial charge in [0.2, 0.25) is 0 Å². The van der Waals surface area contributed by atoms with E-state index in [1.165, 1.54) is 43.8 Å². The van der Waals surface area contributed by atoms with Crippen molar-refractivity contribution in [1.29, 1.82) is 5.26 Å². The van der Waals surface area contributed by atoms with Gasteiger partial charge >= 0.3 is 0 Å². The Morgan fingerprint density at radius 3 is 1.26 bits per heavy atom. The second kappa shape index (κ2) is 14.3. The first kappa shape index (κ1) is 40.9. The zero-order chi connectivity index (χ0) is 44.1. The van der Waals surface area contributed by atoms with Crippen LogP contribution in [-0.2, 0) is 21.7 Å². The molecule has 0 N–H and O–H groups in total. The SMILES string of the molecule is CC(C)(C)c1ccc2c(c1)c1cc(C(C)(C)C)ccc1n2-c1ccc(-c2ccccc2C#N)cc1-c1ccncc1-n1c2ccc(C(C)(C)C)cc2c2cc(C(C)(C)C)ccc21. The van der Waals surface area contributed by atoms with Gasteiger partial charge in [-0.15, -0.1) is 0 Å². The number of hydrogen-bond acceptors (Lipinski definition) is 2. The molecular formula is C58H58N4. The standard InChI is InChI=1S/C58H58N4/c1-55(2,3)38-18-23-50-45(30-38)46-31-39(56(4,5)6)19-24-51(46)61(50)49-22-17-36(42-16-14-13-15-37(42)34-59)29-44(49)43-27-28-60-35-54(43)62-52-25-20-40(57(7,8)9)32-47(52)48-33-41(58(10,11)12)21-26-53(48)62/h13-33,35H,1-12H3. The smallest absolute Gasteiger partial charge is 0.0998 e. The van der Waals surface area contributed by atoms with Gasteiger partial charge in [-0.1, -0.05) is 132 Å². The summed E-state index contributed by atoms with van der Waals surface area (Å²) in [5, 5.41) is 15.3. The van der Waals surface area contributed by atoms with E-state index in [1.807, 2.05) is 30.6 Å². The van der Waals surface area contributed by atoms with E-state index >= 15 is 0 Å². The number of pyridine rings is 1. The van der Waals surface area contributed by atoms with Gasteiger partial charge in [-0.3, -0.25) is 4.98 Å². The Bertz CT molecular complexity index is 3140. The lowest BCUT2D eigenvalue weighted by molar-refractivity contribution is 0.590. The van der Waals surface area contributed by atoms with E-state index in [0.29, 0.717) is 5.56 Å². The molecule has 0 atom stereocenters. The van der Waals surface area contributed by atoms with Crippen molar-refractivity contribution in [2.45, 2.75) is 105 Å². The lowest BCUT2D eigenvalue weighted by Crippen LogP contribution is -2.10. The summed E-state index contributed by atoms with van der Waals surface area (Å²) in [5.41, 5.74) is 16.5. The predicted molar refractivity (Wildman–Crippen MR) is 263 cm³/mol. The molecule has 6 aromatic carbocycles. The minimum Gasteiger partial charge on any atom is -0.309 e. The van der Waals surface area contributed by atoms with Crippen molar-refractivity contribution in [2.75, 3.05) is 0 Å². The molecule has 4 nitrogen and oxygen atoms in total. The molecule has 3 heterocycles. The Morgan fingerprint density at radius 2 is 0.839 bits per heavy atom. The first-order chi connectivity index (χ1) is 29.2. The van der Waals surface area contributed by atoms with Crippen molar-refractivity contribution in [1.82, 2.24) is 14.1 Å². The monoisotopic (exact) mass is 810 g/mol. The normalized spacial score (nSPS) is 12.8. The number of aromatic nitrogens is 3. The summed E-state index contributed by atoms with van der Waals surface area (Å²) in [6, 6.07) is 47.3. The van der Waals surface area contributed by atoms with Gasteiger partial charge in [-0.05, 0) is 128 Å². The maximum absolute atomic E-state index is 10.3. The van der Waals surface area contributed by atoms with E-state index in [0.717, 1.165) is 55.7 Å².